The van der Waals surface area contributed by atoms with Crippen LogP contribution in [0.4, 0.5) is 0 Å². The Morgan fingerprint density at radius 3 is 1.50 bits per heavy atom. The molecule has 4 rings (SSSR count). The topological polar surface area (TPSA) is 130 Å². The Labute approximate surface area is 248 Å². The second kappa shape index (κ2) is 16.2. The van der Waals surface area contributed by atoms with Crippen LogP contribution in [-0.2, 0) is 38.0 Å². The van der Waals surface area contributed by atoms with Gasteiger partial charge >= 0.3 is 0 Å². The van der Waals surface area contributed by atoms with Crippen molar-refractivity contribution in [2.75, 3.05) is 26.4 Å². The minimum atomic E-state index is -1.01. The molecule has 0 spiro atoms. The summed E-state index contributed by atoms with van der Waals surface area (Å²) in [5.74, 6) is 11.8. The van der Waals surface area contributed by atoms with E-state index in [1.807, 2.05) is 0 Å². The first kappa shape index (κ1) is 33.8. The first-order valence-corrected chi connectivity index (χ1v) is 14.6. The fourth-order valence-electron chi connectivity index (χ4n) is 4.94. The van der Waals surface area contributed by atoms with Gasteiger partial charge in [-0.3, -0.25) is 9.59 Å². The molecule has 2 N–H and O–H groups in total. The highest BCUT2D eigenvalue weighted by atomic mass is 16.7. The number of ether oxygens (including phenoxy) is 6. The van der Waals surface area contributed by atoms with E-state index in [0.717, 1.165) is 51.7 Å². The Morgan fingerprint density at radius 2 is 1.19 bits per heavy atom. The molecule has 0 aromatic rings. The molecule has 2 unspecified atom stereocenters. The van der Waals surface area contributed by atoms with Crippen LogP contribution in [0.2, 0.25) is 0 Å². The number of ketones is 2. The minimum Gasteiger partial charge on any atom is -0.484 e. The smallest absolute Gasteiger partial charge is 0.202 e. The normalized spacial score (nSPS) is 30.1. The first-order valence-electron chi connectivity index (χ1n) is 14.6. The van der Waals surface area contributed by atoms with Gasteiger partial charge in [-0.25, -0.2) is 0 Å². The van der Waals surface area contributed by atoms with Crippen molar-refractivity contribution < 1.29 is 48.2 Å². The Kier molecular flexibility index (Phi) is 13.1. The van der Waals surface area contributed by atoms with E-state index in [-0.39, 0.29) is 50.2 Å². The van der Waals surface area contributed by atoms with Gasteiger partial charge < -0.3 is 38.6 Å². The summed E-state index contributed by atoms with van der Waals surface area (Å²) < 4.78 is 32.7. The highest BCUT2D eigenvalue weighted by Gasteiger charge is 2.41. The number of allylic oxidation sites excluding steroid dienone is 2. The lowest BCUT2D eigenvalue weighted by atomic mass is 9.94. The molecule has 10 heteroatoms. The fourth-order valence-corrected chi connectivity index (χ4v) is 4.94. The molecular formula is C32H44O10. The van der Waals surface area contributed by atoms with Gasteiger partial charge in [0, 0.05) is 38.2 Å². The average molecular weight is 589 g/mol. The number of carbonyl (C=O) groups excluding carboxylic acids is 2. The zero-order valence-corrected chi connectivity index (χ0v) is 25.1. The van der Waals surface area contributed by atoms with Crippen molar-refractivity contribution in [3.63, 3.8) is 0 Å². The van der Waals surface area contributed by atoms with Gasteiger partial charge in [0.25, 0.3) is 0 Å². The van der Waals surface area contributed by atoms with E-state index in [9.17, 15) is 19.8 Å². The van der Waals surface area contributed by atoms with Gasteiger partial charge in [-0.15, -0.1) is 0 Å². The number of aliphatic hydroxyl groups excluding tert-OH is 2. The van der Waals surface area contributed by atoms with Gasteiger partial charge in [-0.2, -0.15) is 0 Å². The molecule has 6 atom stereocenters. The molecule has 0 aliphatic carbocycles. The maximum absolute atomic E-state index is 11.8. The van der Waals surface area contributed by atoms with Crippen LogP contribution < -0.4 is 0 Å². The van der Waals surface area contributed by atoms with Gasteiger partial charge in [0.05, 0.1) is 11.5 Å². The maximum Gasteiger partial charge on any atom is 0.202 e. The Balaban J connectivity index is 0.000000230. The Morgan fingerprint density at radius 1 is 0.786 bits per heavy atom. The third-order valence-electron chi connectivity index (χ3n) is 7.15. The molecule has 2 fully saturated rings. The number of carbonyl (C=O) groups is 2. The quantitative estimate of drug-likeness (QED) is 0.408. The summed E-state index contributed by atoms with van der Waals surface area (Å²) in [6, 6.07) is 0. The van der Waals surface area contributed by atoms with E-state index in [4.69, 9.17) is 28.4 Å². The van der Waals surface area contributed by atoms with Crippen molar-refractivity contribution in [3.8, 4) is 23.7 Å². The van der Waals surface area contributed by atoms with Gasteiger partial charge in [-0.05, 0) is 66.2 Å². The predicted octanol–water partition coefficient (Wildman–Crippen LogP) is 3.09. The molecule has 4 aliphatic heterocycles. The SMILES string of the molecule is CC1=CC(=O)[C@@](C)(C[C@H](O)C#CCOC2CCCCO2)O1.CC1=CC(=O)[C@](C)(C[C@@H](O)C#CCOC2CCCCO2)O1. The second-order valence-electron chi connectivity index (χ2n) is 11.2. The van der Waals surface area contributed by atoms with Crippen molar-refractivity contribution in [2.45, 2.75) is 115 Å². The molecule has 4 heterocycles. The van der Waals surface area contributed by atoms with Crippen LogP contribution in [0.5, 0.6) is 0 Å². The lowest BCUT2D eigenvalue weighted by Gasteiger charge is -2.24. The van der Waals surface area contributed by atoms with Crippen LogP contribution >= 0.6 is 0 Å². The standard InChI is InChI=1S/2C16H22O5/c2*1-12-10-14(18)16(2,21-12)11-13(17)6-5-9-20-15-7-3-4-8-19-15/h2*10,13,15,17H,3-4,7-9,11H2,1-2H3/t2*13-,15?,16-/m10/s1. The summed E-state index contributed by atoms with van der Waals surface area (Å²) in [4.78, 5) is 23.6. The van der Waals surface area contributed by atoms with E-state index >= 15 is 0 Å². The monoisotopic (exact) mass is 588 g/mol. The van der Waals surface area contributed by atoms with Crippen LogP contribution in [0.15, 0.2) is 23.7 Å². The molecule has 42 heavy (non-hydrogen) atoms. The van der Waals surface area contributed by atoms with Crippen LogP contribution in [0.3, 0.4) is 0 Å². The number of hydrogen-bond donors (Lipinski definition) is 2. The molecule has 0 saturated carbocycles. The first-order chi connectivity index (χ1) is 20.0. The van der Waals surface area contributed by atoms with Crippen molar-refractivity contribution in [3.05, 3.63) is 23.7 Å². The van der Waals surface area contributed by atoms with Crippen molar-refractivity contribution >= 4 is 11.6 Å². The zero-order valence-electron chi connectivity index (χ0n) is 25.1. The zero-order chi connectivity index (χ0) is 30.6. The van der Waals surface area contributed by atoms with Gasteiger partial charge in [0.15, 0.2) is 23.8 Å². The maximum atomic E-state index is 11.8. The minimum absolute atomic E-state index is 0.132. The van der Waals surface area contributed by atoms with Crippen molar-refractivity contribution in [2.24, 2.45) is 0 Å². The molecule has 0 aromatic heterocycles. The molecule has 0 radical (unpaired) electrons. The van der Waals surface area contributed by atoms with Crippen LogP contribution in [0.25, 0.3) is 0 Å². The summed E-state index contributed by atoms with van der Waals surface area (Å²) in [7, 11) is 0. The molecule has 232 valence electrons. The van der Waals surface area contributed by atoms with E-state index in [0.29, 0.717) is 11.5 Å². The van der Waals surface area contributed by atoms with E-state index < -0.39 is 23.4 Å². The molecule has 10 nitrogen and oxygen atoms in total. The van der Waals surface area contributed by atoms with Crippen molar-refractivity contribution in [1.82, 2.24) is 0 Å². The van der Waals surface area contributed by atoms with Crippen LogP contribution in [0, 0.1) is 23.7 Å². The lowest BCUT2D eigenvalue weighted by Crippen LogP contribution is -2.36. The largest absolute Gasteiger partial charge is 0.484 e. The summed E-state index contributed by atoms with van der Waals surface area (Å²) in [5.41, 5.74) is -2.02. The number of aliphatic hydroxyl groups is 2. The number of rotatable bonds is 8. The third kappa shape index (κ3) is 10.9. The fraction of sp³-hybridized carbons (Fsp3) is 0.688. The molecule has 0 aromatic carbocycles. The van der Waals surface area contributed by atoms with Gasteiger partial charge in [0.1, 0.15) is 25.4 Å². The van der Waals surface area contributed by atoms with Crippen molar-refractivity contribution in [1.29, 1.82) is 0 Å². The molecule has 4 aliphatic rings. The number of hydrogen-bond acceptors (Lipinski definition) is 10. The highest BCUT2D eigenvalue weighted by Crippen LogP contribution is 2.30. The Bertz CT molecular complexity index is 1020. The molecule has 0 amide bonds. The van der Waals surface area contributed by atoms with Gasteiger partial charge in [0.2, 0.25) is 11.6 Å². The van der Waals surface area contributed by atoms with E-state index in [2.05, 4.69) is 23.7 Å². The summed E-state index contributed by atoms with van der Waals surface area (Å²) >= 11 is 0. The van der Waals surface area contributed by atoms with Crippen LogP contribution in [0.1, 0.15) is 79.1 Å². The third-order valence-corrected chi connectivity index (χ3v) is 7.15. The average Bonchev–Trinajstić information content (AvgIpc) is 3.35. The predicted molar refractivity (Wildman–Crippen MR) is 152 cm³/mol. The summed E-state index contributed by atoms with van der Waals surface area (Å²) in [6.07, 6.45) is 7.09. The molecule has 0 bridgehead atoms. The summed E-state index contributed by atoms with van der Waals surface area (Å²) in [5, 5.41) is 19.8. The highest BCUT2D eigenvalue weighted by molar-refractivity contribution is 5.99. The lowest BCUT2D eigenvalue weighted by molar-refractivity contribution is -0.154. The van der Waals surface area contributed by atoms with Gasteiger partial charge in [-0.1, -0.05) is 23.7 Å². The second-order valence-corrected chi connectivity index (χ2v) is 11.2. The molecular weight excluding hydrogens is 544 g/mol. The van der Waals surface area contributed by atoms with Crippen LogP contribution in [-0.4, -0.2) is 84.2 Å². The van der Waals surface area contributed by atoms with E-state index in [1.165, 1.54) is 12.2 Å². The Hall–Kier alpha value is -2.70. The summed E-state index contributed by atoms with van der Waals surface area (Å²) in [6.45, 7) is 8.66. The molecule has 2 saturated heterocycles. The van der Waals surface area contributed by atoms with E-state index in [1.54, 1.807) is 27.7 Å².